The molecule has 0 nitrogen and oxygen atoms in total. The van der Waals surface area contributed by atoms with Crippen LogP contribution in [0.5, 0.6) is 0 Å². The molecule has 10 aliphatic rings. The predicted octanol–water partition coefficient (Wildman–Crippen LogP) is 25.8. The molecule has 1 spiro atoms. The van der Waals surface area contributed by atoms with Gasteiger partial charge in [-0.25, -0.2) is 0 Å². The first-order valence-electron chi connectivity index (χ1n) is 36.8. The Morgan fingerprint density at radius 1 is 0.573 bits per heavy atom. The average Bonchev–Trinajstić information content (AvgIpc) is 1.49. The lowest BCUT2D eigenvalue weighted by molar-refractivity contribution is 0.280. The van der Waals surface area contributed by atoms with Crippen LogP contribution in [0.4, 0.5) is 0 Å². The number of thiol groups is 1. The fraction of sp³-hybridized carbons (Fsp3) is 0.368. The first-order chi connectivity index (χ1) is 46.3. The van der Waals surface area contributed by atoms with Crippen molar-refractivity contribution in [2.45, 2.75) is 187 Å². The predicted molar refractivity (Wildman–Crippen MR) is 417 cm³/mol. The minimum atomic E-state index is -0.353. The Morgan fingerprint density at radius 3 is 1.95 bits per heavy atom. The van der Waals surface area contributed by atoms with E-state index >= 15 is 0 Å². The van der Waals surface area contributed by atoms with Gasteiger partial charge in [0.05, 0.1) is 5.92 Å². The Labute approximate surface area is 584 Å². The Hall–Kier alpha value is -7.63. The van der Waals surface area contributed by atoms with Crippen LogP contribution in [0.1, 0.15) is 217 Å². The lowest BCUT2D eigenvalue weighted by atomic mass is 9.56. The van der Waals surface area contributed by atoms with Crippen molar-refractivity contribution in [1.82, 2.24) is 0 Å². The van der Waals surface area contributed by atoms with Crippen LogP contribution >= 0.6 is 12.6 Å². The van der Waals surface area contributed by atoms with Crippen molar-refractivity contribution in [1.29, 1.82) is 0 Å². The normalized spacial score (nSPS) is 26.2. The lowest BCUT2D eigenvalue weighted by Crippen LogP contribution is -2.43. The van der Waals surface area contributed by atoms with Crippen molar-refractivity contribution in [3.8, 4) is 23.0 Å². The van der Waals surface area contributed by atoms with Crippen LogP contribution in [-0.2, 0) is 18.3 Å². The zero-order chi connectivity index (χ0) is 67.8. The second-order valence-corrected chi connectivity index (χ2v) is 30.3. The average molecular weight is 1280 g/mol. The summed E-state index contributed by atoms with van der Waals surface area (Å²) in [7, 11) is 0. The van der Waals surface area contributed by atoms with Gasteiger partial charge in [0.15, 0.2) is 0 Å². The van der Waals surface area contributed by atoms with E-state index in [2.05, 4.69) is 273 Å². The second-order valence-electron chi connectivity index (χ2n) is 29.9. The largest absolute Gasteiger partial charge is 0.147 e. The highest BCUT2D eigenvalue weighted by Crippen LogP contribution is 2.74. The molecule has 0 aliphatic heterocycles. The first kappa shape index (κ1) is 67.0. The van der Waals surface area contributed by atoms with Gasteiger partial charge in [-0.3, -0.25) is 0 Å². The van der Waals surface area contributed by atoms with Crippen LogP contribution in [0, 0.1) is 60.2 Å². The van der Waals surface area contributed by atoms with Gasteiger partial charge in [0.2, 0.25) is 0 Å². The summed E-state index contributed by atoms with van der Waals surface area (Å²) in [5.41, 5.74) is 44.8. The van der Waals surface area contributed by atoms with Gasteiger partial charge < -0.3 is 0 Å². The van der Waals surface area contributed by atoms with Crippen molar-refractivity contribution in [2.24, 2.45) is 41.4 Å². The molecule has 0 heterocycles. The molecular formula is C95H104S. The molecule has 10 aliphatic carbocycles. The van der Waals surface area contributed by atoms with E-state index in [9.17, 15) is 0 Å². The van der Waals surface area contributed by atoms with Crippen LogP contribution in [0.3, 0.4) is 0 Å². The highest BCUT2D eigenvalue weighted by molar-refractivity contribution is 7.84. The van der Waals surface area contributed by atoms with Crippen molar-refractivity contribution < 1.29 is 0 Å². The lowest BCUT2D eigenvalue weighted by Gasteiger charge is -2.46. The number of benzene rings is 5. The van der Waals surface area contributed by atoms with Gasteiger partial charge in [-0.05, 0) is 300 Å². The van der Waals surface area contributed by atoms with E-state index in [0.29, 0.717) is 35.5 Å². The van der Waals surface area contributed by atoms with Gasteiger partial charge in [0.25, 0.3) is 0 Å². The standard InChI is InChI=1S/C52H58S.C41H40.C2H6/c1-13-40-33(8)31(6)36(11)47-46-34(9)30(5)28(3)22-24-44(46)52(49(40)47)48-39(18-16-20-43(48)45-35(10)32(7)37(12)51(53)50(45)52)26-38-17-14-15-19-42(38)41-23-21-27(2)25-29(41)4;1-27-10-4-5-11-34(27)36-15-8-14-35(28(36)2)32-22-18-30(19-23-32)26-31-20-24-33(25-21-31)38-16-9-17-40-39-13-7-6-12-37(39)29(3)41(38)40;1-2/h14-21,23,29,32,37,40,44,49,53H,13,25-26H2,1-12H3;4-5,8,10,12-16,18-25,29,34H,6-7,9,11,17,26H2,1-3H3;1-2H3. The smallest absolute Gasteiger partial charge is 0.0605 e. The third kappa shape index (κ3) is 11.0. The fourth-order valence-corrected chi connectivity index (χ4v) is 19.9. The SMILES string of the molecule is CC.CC1=CC=CCC1c1cccc(-c2ccc(Cc3ccc(C4=CCCC5=C4C(C)C4=CCCC=C45)cc3)cc2)c1C.CCC1C(C)=C(C)C(C)=C2C3=C(C)C(C)=C(C)C#CC3C3(C4=C(S)C(C)C(C)C(C)=C4c4cccc(Cc5ccccc5C5=CC=C(C)CC5C)c43)C21. The second kappa shape index (κ2) is 27.0. The molecule has 0 saturated heterocycles. The van der Waals surface area contributed by atoms with Crippen molar-refractivity contribution in [3.05, 3.63) is 308 Å². The molecule has 0 amide bonds. The minimum absolute atomic E-state index is 0.0324. The fourth-order valence-electron chi connectivity index (χ4n) is 19.4. The Morgan fingerprint density at radius 2 is 1.23 bits per heavy atom. The monoisotopic (exact) mass is 1280 g/mol. The summed E-state index contributed by atoms with van der Waals surface area (Å²) in [5, 5.41) is 0. The van der Waals surface area contributed by atoms with Crippen LogP contribution in [0.15, 0.2) is 252 Å². The van der Waals surface area contributed by atoms with Crippen LogP contribution in [0.2, 0.25) is 0 Å². The molecule has 490 valence electrons. The topological polar surface area (TPSA) is 0 Å². The molecule has 0 aromatic heterocycles. The molecule has 5 aromatic rings. The maximum atomic E-state index is 5.67. The van der Waals surface area contributed by atoms with Gasteiger partial charge in [0.1, 0.15) is 0 Å². The number of hydrogen-bond acceptors (Lipinski definition) is 1. The van der Waals surface area contributed by atoms with E-state index in [1.54, 1.807) is 33.4 Å². The van der Waals surface area contributed by atoms with Crippen molar-refractivity contribution in [2.75, 3.05) is 0 Å². The van der Waals surface area contributed by atoms with E-state index in [1.807, 2.05) is 13.8 Å². The molecule has 1 saturated carbocycles. The minimum Gasteiger partial charge on any atom is -0.147 e. The van der Waals surface area contributed by atoms with E-state index in [1.165, 1.54) is 163 Å². The molecule has 0 bridgehead atoms. The van der Waals surface area contributed by atoms with E-state index in [4.69, 9.17) is 12.6 Å². The summed E-state index contributed by atoms with van der Waals surface area (Å²) < 4.78 is 0. The van der Waals surface area contributed by atoms with Crippen LogP contribution < -0.4 is 0 Å². The third-order valence-corrected chi connectivity index (χ3v) is 25.7. The molecule has 96 heavy (non-hydrogen) atoms. The van der Waals surface area contributed by atoms with Crippen LogP contribution in [-0.4, -0.2) is 0 Å². The summed E-state index contributed by atoms with van der Waals surface area (Å²) in [6, 6.07) is 42.0. The summed E-state index contributed by atoms with van der Waals surface area (Å²) in [4.78, 5) is 1.28. The number of rotatable bonds is 9. The Bertz CT molecular complexity index is 4580. The Kier molecular flexibility index (Phi) is 18.8. The zero-order valence-corrected chi connectivity index (χ0v) is 61.8. The van der Waals surface area contributed by atoms with E-state index in [0.717, 1.165) is 38.5 Å². The molecule has 15 rings (SSSR count). The molecule has 1 fully saturated rings. The van der Waals surface area contributed by atoms with Crippen molar-refractivity contribution >= 4 is 29.3 Å². The van der Waals surface area contributed by atoms with Gasteiger partial charge in [-0.2, -0.15) is 0 Å². The summed E-state index contributed by atoms with van der Waals surface area (Å²) in [6.45, 7) is 39.5. The van der Waals surface area contributed by atoms with Gasteiger partial charge in [0, 0.05) is 28.7 Å². The number of allylic oxidation sites excluding steroid dienone is 28. The first-order valence-corrected chi connectivity index (χ1v) is 37.3. The van der Waals surface area contributed by atoms with Gasteiger partial charge >= 0.3 is 0 Å². The summed E-state index contributed by atoms with van der Waals surface area (Å²) in [5.74, 6) is 10.9. The third-order valence-electron chi connectivity index (χ3n) is 25.0. The molecule has 9 atom stereocenters. The summed E-state index contributed by atoms with van der Waals surface area (Å²) in [6.07, 6.45) is 28.9. The molecule has 9 unspecified atom stereocenters. The molecule has 1 heteroatoms. The molecule has 5 aromatic carbocycles. The quantitative estimate of drug-likeness (QED) is 0.110. The molecule has 0 N–H and O–H groups in total. The molecular weight excluding hydrogens is 1170 g/mol. The highest BCUT2D eigenvalue weighted by Gasteiger charge is 2.67. The Balaban J connectivity index is 0.000000174. The van der Waals surface area contributed by atoms with Gasteiger partial charge in [-0.1, -0.05) is 240 Å². The van der Waals surface area contributed by atoms with Gasteiger partial charge in [-0.15, -0.1) is 12.6 Å². The number of hydrogen-bond donors (Lipinski definition) is 1. The highest BCUT2D eigenvalue weighted by atomic mass is 32.1. The number of fused-ring (bicyclic) bond motifs is 12. The maximum Gasteiger partial charge on any atom is 0.0605 e. The zero-order valence-electron chi connectivity index (χ0n) is 60.9. The van der Waals surface area contributed by atoms with E-state index < -0.39 is 0 Å². The van der Waals surface area contributed by atoms with Crippen LogP contribution in [0.25, 0.3) is 27.8 Å². The van der Waals surface area contributed by atoms with E-state index in [-0.39, 0.29) is 17.3 Å². The summed E-state index contributed by atoms with van der Waals surface area (Å²) >= 11 is 5.67. The maximum absolute atomic E-state index is 5.67. The van der Waals surface area contributed by atoms with Crippen molar-refractivity contribution in [3.63, 3.8) is 0 Å². The molecule has 0 radical (unpaired) electrons.